The Morgan fingerprint density at radius 3 is 2.10 bits per heavy atom. The zero-order valence-electron chi connectivity index (χ0n) is 12.6. The number of sulfonamides is 1. The molecule has 0 radical (unpaired) electrons. The van der Waals surface area contributed by atoms with Crippen LogP contribution in [0.3, 0.4) is 0 Å². The summed E-state index contributed by atoms with van der Waals surface area (Å²) in [6.07, 6.45) is 0. The number of ether oxygens (including phenoxy) is 1. The predicted octanol–water partition coefficient (Wildman–Crippen LogP) is 1.21. The molecule has 1 unspecified atom stereocenters. The first-order chi connectivity index (χ1) is 9.24. The second kappa shape index (κ2) is 6.67. The van der Waals surface area contributed by atoms with Gasteiger partial charge < -0.3 is 9.84 Å². The molecule has 0 fully saturated rings. The molecule has 0 aliphatic heterocycles. The second-order valence-corrected chi connectivity index (χ2v) is 6.70. The molecule has 0 bridgehead atoms. The molecule has 0 aliphatic carbocycles. The third-order valence-corrected chi connectivity index (χ3v) is 5.27. The number of benzene rings is 1. The molecule has 20 heavy (non-hydrogen) atoms. The van der Waals surface area contributed by atoms with E-state index in [4.69, 9.17) is 4.74 Å². The van der Waals surface area contributed by atoms with E-state index in [1.807, 2.05) is 19.9 Å². The maximum Gasteiger partial charge on any atom is 0.241 e. The maximum absolute atomic E-state index is 12.5. The molecule has 1 atom stereocenters. The fourth-order valence-corrected chi connectivity index (χ4v) is 4.01. The summed E-state index contributed by atoms with van der Waals surface area (Å²) in [6.45, 7) is 7.18. The quantitative estimate of drug-likeness (QED) is 0.828. The van der Waals surface area contributed by atoms with Gasteiger partial charge in [0.1, 0.15) is 0 Å². The second-order valence-electron chi connectivity index (χ2n) is 5.05. The number of methoxy groups -OCH3 is 1. The fraction of sp³-hybridized carbons (Fsp3) is 0.571. The van der Waals surface area contributed by atoms with Gasteiger partial charge in [-0.3, -0.25) is 0 Å². The third kappa shape index (κ3) is 3.58. The predicted molar refractivity (Wildman–Crippen MR) is 78.5 cm³/mol. The van der Waals surface area contributed by atoms with Crippen molar-refractivity contribution in [3.63, 3.8) is 0 Å². The van der Waals surface area contributed by atoms with E-state index < -0.39 is 16.1 Å². The molecule has 1 rings (SSSR count). The van der Waals surface area contributed by atoms with Gasteiger partial charge >= 0.3 is 0 Å². The van der Waals surface area contributed by atoms with Crippen LogP contribution in [0.4, 0.5) is 0 Å². The van der Waals surface area contributed by atoms with Gasteiger partial charge in [0.15, 0.2) is 0 Å². The summed E-state index contributed by atoms with van der Waals surface area (Å²) < 4.78 is 32.5. The number of aliphatic hydroxyl groups is 1. The number of nitrogens with one attached hydrogen (secondary N) is 1. The Bertz CT molecular complexity index is 555. The highest BCUT2D eigenvalue weighted by molar-refractivity contribution is 7.89. The van der Waals surface area contributed by atoms with Gasteiger partial charge in [-0.1, -0.05) is 6.07 Å². The Morgan fingerprint density at radius 2 is 1.70 bits per heavy atom. The minimum absolute atomic E-state index is 0.124. The van der Waals surface area contributed by atoms with Crippen molar-refractivity contribution in [3.05, 3.63) is 28.3 Å². The highest BCUT2D eigenvalue weighted by Gasteiger charge is 2.25. The van der Waals surface area contributed by atoms with Crippen LogP contribution in [0.15, 0.2) is 11.0 Å². The zero-order chi connectivity index (χ0) is 15.5. The van der Waals surface area contributed by atoms with E-state index in [0.717, 1.165) is 22.3 Å². The van der Waals surface area contributed by atoms with E-state index >= 15 is 0 Å². The summed E-state index contributed by atoms with van der Waals surface area (Å²) in [5, 5.41) is 9.21. The Morgan fingerprint density at radius 1 is 1.20 bits per heavy atom. The van der Waals surface area contributed by atoms with Crippen molar-refractivity contribution in [1.82, 2.24) is 4.72 Å². The van der Waals surface area contributed by atoms with Gasteiger partial charge in [0.2, 0.25) is 10.0 Å². The molecule has 1 aromatic rings. The number of aryl methyl sites for hydroxylation is 2. The summed E-state index contributed by atoms with van der Waals surface area (Å²) in [6, 6.07) is 1.33. The first-order valence-electron chi connectivity index (χ1n) is 6.44. The third-order valence-electron chi connectivity index (χ3n) is 3.48. The smallest absolute Gasteiger partial charge is 0.241 e. The normalized spacial score (nSPS) is 13.5. The Kier molecular flexibility index (Phi) is 5.70. The molecule has 0 heterocycles. The molecule has 0 aliphatic rings. The van der Waals surface area contributed by atoms with Crippen LogP contribution in [0.2, 0.25) is 0 Å². The molecule has 2 N–H and O–H groups in total. The van der Waals surface area contributed by atoms with E-state index in [1.54, 1.807) is 13.8 Å². The fourth-order valence-electron chi connectivity index (χ4n) is 2.19. The number of aliphatic hydroxyl groups excluding tert-OH is 1. The van der Waals surface area contributed by atoms with Crippen molar-refractivity contribution in [2.75, 3.05) is 20.3 Å². The van der Waals surface area contributed by atoms with Crippen LogP contribution < -0.4 is 4.72 Å². The molecule has 1 aromatic carbocycles. The monoisotopic (exact) mass is 301 g/mol. The minimum Gasteiger partial charge on any atom is -0.395 e. The van der Waals surface area contributed by atoms with Gasteiger partial charge in [-0.15, -0.1) is 0 Å². The van der Waals surface area contributed by atoms with Crippen LogP contribution >= 0.6 is 0 Å². The number of hydrogen-bond donors (Lipinski definition) is 2. The van der Waals surface area contributed by atoms with Crippen LogP contribution in [0.1, 0.15) is 22.3 Å². The maximum atomic E-state index is 12.5. The van der Waals surface area contributed by atoms with Crippen LogP contribution in [-0.4, -0.2) is 39.9 Å². The summed E-state index contributed by atoms with van der Waals surface area (Å²) in [5.74, 6) is 0. The van der Waals surface area contributed by atoms with Crippen LogP contribution in [0.5, 0.6) is 0 Å². The lowest BCUT2D eigenvalue weighted by Crippen LogP contribution is -2.41. The molecule has 5 nitrogen and oxygen atoms in total. The standard InChI is InChI=1S/C14H23NO4S/c1-9-6-10(2)12(4)14(11(9)3)20(17,18)15-13(7-16)8-19-5/h6,13,15-16H,7-8H2,1-5H3. The molecule has 0 spiro atoms. The molecule has 0 saturated heterocycles. The van der Waals surface area contributed by atoms with Crippen molar-refractivity contribution >= 4 is 10.0 Å². The van der Waals surface area contributed by atoms with E-state index in [1.165, 1.54) is 7.11 Å². The topological polar surface area (TPSA) is 75.6 Å². The summed E-state index contributed by atoms with van der Waals surface area (Å²) in [5.41, 5.74) is 3.32. The van der Waals surface area contributed by atoms with Crippen LogP contribution in [-0.2, 0) is 14.8 Å². The molecule has 0 saturated carbocycles. The van der Waals surface area contributed by atoms with Crippen molar-refractivity contribution in [2.24, 2.45) is 0 Å². The van der Waals surface area contributed by atoms with E-state index in [0.29, 0.717) is 4.90 Å². The molecule has 0 aromatic heterocycles. The van der Waals surface area contributed by atoms with E-state index in [9.17, 15) is 13.5 Å². The molecule has 114 valence electrons. The van der Waals surface area contributed by atoms with Crippen molar-refractivity contribution in [2.45, 2.75) is 38.6 Å². The van der Waals surface area contributed by atoms with Crippen LogP contribution in [0, 0.1) is 27.7 Å². The summed E-state index contributed by atoms with van der Waals surface area (Å²) in [4.78, 5) is 0.296. The lowest BCUT2D eigenvalue weighted by Gasteiger charge is -2.20. The minimum atomic E-state index is -3.69. The first-order valence-corrected chi connectivity index (χ1v) is 7.92. The lowest BCUT2D eigenvalue weighted by atomic mass is 10.0. The lowest BCUT2D eigenvalue weighted by molar-refractivity contribution is 0.139. The van der Waals surface area contributed by atoms with Gasteiger partial charge in [-0.05, 0) is 49.9 Å². The molecule has 0 amide bonds. The average Bonchev–Trinajstić information content (AvgIpc) is 2.35. The molecular formula is C14H23NO4S. The highest BCUT2D eigenvalue weighted by Crippen LogP contribution is 2.26. The van der Waals surface area contributed by atoms with Crippen molar-refractivity contribution in [1.29, 1.82) is 0 Å². The van der Waals surface area contributed by atoms with E-state index in [2.05, 4.69) is 4.72 Å². The Hall–Kier alpha value is -0.950. The number of hydrogen-bond acceptors (Lipinski definition) is 4. The van der Waals surface area contributed by atoms with Gasteiger partial charge in [-0.25, -0.2) is 13.1 Å². The summed E-state index contributed by atoms with van der Waals surface area (Å²) >= 11 is 0. The number of rotatable bonds is 6. The van der Waals surface area contributed by atoms with Crippen molar-refractivity contribution in [3.8, 4) is 0 Å². The highest BCUT2D eigenvalue weighted by atomic mass is 32.2. The molecule has 6 heteroatoms. The van der Waals surface area contributed by atoms with Crippen molar-refractivity contribution < 1.29 is 18.3 Å². The Balaban J connectivity index is 3.29. The van der Waals surface area contributed by atoms with Gasteiger partial charge in [-0.2, -0.15) is 0 Å². The van der Waals surface area contributed by atoms with Gasteiger partial charge in [0.25, 0.3) is 0 Å². The SMILES string of the molecule is COCC(CO)NS(=O)(=O)c1c(C)c(C)cc(C)c1C. The zero-order valence-corrected chi connectivity index (χ0v) is 13.5. The van der Waals surface area contributed by atoms with Crippen LogP contribution in [0.25, 0.3) is 0 Å². The largest absolute Gasteiger partial charge is 0.395 e. The summed E-state index contributed by atoms with van der Waals surface area (Å²) in [7, 11) is -2.23. The van der Waals surface area contributed by atoms with E-state index in [-0.39, 0.29) is 13.2 Å². The first kappa shape index (κ1) is 17.1. The van der Waals surface area contributed by atoms with Gasteiger partial charge in [0.05, 0.1) is 24.2 Å². The average molecular weight is 301 g/mol. The Labute approximate surface area is 121 Å². The van der Waals surface area contributed by atoms with Gasteiger partial charge in [0, 0.05) is 7.11 Å². The molecular weight excluding hydrogens is 278 g/mol.